The summed E-state index contributed by atoms with van der Waals surface area (Å²) in [5.41, 5.74) is 1.90. The van der Waals surface area contributed by atoms with Crippen molar-refractivity contribution in [3.8, 4) is 0 Å². The Morgan fingerprint density at radius 1 is 1.11 bits per heavy atom. The summed E-state index contributed by atoms with van der Waals surface area (Å²) in [7, 11) is 0. The van der Waals surface area contributed by atoms with Crippen LogP contribution in [0.4, 0.5) is 0 Å². The second-order valence-corrected chi connectivity index (χ2v) is 6.04. The van der Waals surface area contributed by atoms with Crippen molar-refractivity contribution in [1.29, 1.82) is 0 Å². The molecule has 2 aliphatic rings. The van der Waals surface area contributed by atoms with E-state index in [9.17, 15) is 0 Å². The number of halogens is 3. The average Bonchev–Trinajstić information content (AvgIpc) is 2.67. The number of fused-ring (bicyclic) bond motifs is 1. The number of benzene rings is 1. The number of rotatable bonds is 2. The minimum atomic E-state index is -1.25. The fourth-order valence-electron chi connectivity index (χ4n) is 2.29. The van der Waals surface area contributed by atoms with Crippen LogP contribution in [0.5, 0.6) is 0 Å². The summed E-state index contributed by atoms with van der Waals surface area (Å²) in [4.78, 5) is 0. The van der Waals surface area contributed by atoms with Crippen molar-refractivity contribution in [2.24, 2.45) is 0 Å². The maximum atomic E-state index is 6.54. The minimum absolute atomic E-state index is 0.0415. The van der Waals surface area contributed by atoms with Crippen molar-refractivity contribution >= 4 is 34.8 Å². The highest BCUT2D eigenvalue weighted by atomic mass is 35.5. The van der Waals surface area contributed by atoms with Gasteiger partial charge in [0.1, 0.15) is 0 Å². The molecule has 1 aliphatic carbocycles. The molecule has 1 aliphatic heterocycles. The van der Waals surface area contributed by atoms with Gasteiger partial charge in [0.25, 0.3) is 0 Å². The van der Waals surface area contributed by atoms with E-state index in [1.165, 1.54) is 0 Å². The van der Waals surface area contributed by atoms with E-state index in [2.05, 4.69) is 0 Å². The smallest absolute Gasteiger partial charge is 0.213 e. The molecule has 0 spiro atoms. The van der Waals surface area contributed by atoms with Gasteiger partial charge in [0, 0.05) is 5.03 Å². The van der Waals surface area contributed by atoms with E-state index in [-0.39, 0.29) is 6.79 Å². The summed E-state index contributed by atoms with van der Waals surface area (Å²) in [6.45, 7) is 0.0415. The summed E-state index contributed by atoms with van der Waals surface area (Å²) in [6.07, 6.45) is 3.97. The highest BCUT2D eigenvalue weighted by molar-refractivity contribution is 6.38. The van der Waals surface area contributed by atoms with Crippen LogP contribution in [0, 0.1) is 0 Å². The van der Waals surface area contributed by atoms with Gasteiger partial charge >= 0.3 is 0 Å². The Morgan fingerprint density at radius 2 is 1.84 bits per heavy atom. The van der Waals surface area contributed by atoms with Crippen molar-refractivity contribution in [3.63, 3.8) is 0 Å². The van der Waals surface area contributed by atoms with Crippen LogP contribution in [0.15, 0.2) is 53.1 Å². The molecule has 100 valence electrons. The third-order valence-electron chi connectivity index (χ3n) is 3.25. The van der Waals surface area contributed by atoms with E-state index in [1.807, 2.05) is 30.3 Å². The minimum Gasteiger partial charge on any atom is -0.325 e. The van der Waals surface area contributed by atoms with Crippen molar-refractivity contribution in [2.75, 3.05) is 6.79 Å². The molecule has 3 rings (SSSR count). The van der Waals surface area contributed by atoms with Crippen molar-refractivity contribution < 1.29 is 9.47 Å². The van der Waals surface area contributed by atoms with Gasteiger partial charge in [-0.15, -0.1) is 0 Å². The third-order valence-corrected chi connectivity index (χ3v) is 4.68. The summed E-state index contributed by atoms with van der Waals surface area (Å²) in [5, 5.41) is -1.95. The molecule has 0 N–H and O–H groups in total. The van der Waals surface area contributed by atoms with Gasteiger partial charge in [-0.2, -0.15) is 0 Å². The summed E-state index contributed by atoms with van der Waals surface area (Å²) in [6, 6.07) is 9.93. The molecule has 2 atom stereocenters. The maximum Gasteiger partial charge on any atom is 0.213 e. The fourth-order valence-corrected chi connectivity index (χ4v) is 3.25. The standard InChI is InChI=1S/C14H11Cl3O2/c15-12-7-11(6-10-4-2-1-3-5-10)14(17)13(16,8-12)18-9-19-14/h1-5,7-8H,6,9H2. The number of ether oxygens (including phenoxy) is 2. The van der Waals surface area contributed by atoms with Crippen molar-refractivity contribution in [2.45, 2.75) is 16.5 Å². The van der Waals surface area contributed by atoms with Gasteiger partial charge < -0.3 is 9.47 Å². The van der Waals surface area contributed by atoms with E-state index in [0.717, 1.165) is 11.1 Å². The SMILES string of the molecule is ClC1=CC2(Cl)OCOC2(Cl)C(Cc2ccccc2)=C1. The lowest BCUT2D eigenvalue weighted by molar-refractivity contribution is 0.0370. The molecule has 19 heavy (non-hydrogen) atoms. The van der Waals surface area contributed by atoms with Gasteiger partial charge in [-0.1, -0.05) is 65.1 Å². The molecule has 0 radical (unpaired) electrons. The predicted octanol–water partition coefficient (Wildman–Crippen LogP) is 4.17. The molecule has 0 bridgehead atoms. The Balaban J connectivity index is 1.98. The lowest BCUT2D eigenvalue weighted by Gasteiger charge is -2.36. The summed E-state index contributed by atoms with van der Waals surface area (Å²) in [5.74, 6) is 0. The van der Waals surface area contributed by atoms with E-state index in [4.69, 9.17) is 44.3 Å². The first-order chi connectivity index (χ1) is 9.03. The predicted molar refractivity (Wildman–Crippen MR) is 76.4 cm³/mol. The van der Waals surface area contributed by atoms with Crippen molar-refractivity contribution in [3.05, 3.63) is 58.7 Å². The Morgan fingerprint density at radius 3 is 2.58 bits per heavy atom. The lowest BCUT2D eigenvalue weighted by Crippen LogP contribution is -2.45. The maximum absolute atomic E-state index is 6.54. The molecule has 0 amide bonds. The molecule has 1 aromatic rings. The van der Waals surface area contributed by atoms with E-state index in [1.54, 1.807) is 12.2 Å². The number of alkyl halides is 2. The van der Waals surface area contributed by atoms with Crippen LogP contribution in [-0.2, 0) is 15.9 Å². The van der Waals surface area contributed by atoms with Gasteiger partial charge in [-0.25, -0.2) is 0 Å². The molecule has 1 fully saturated rings. The van der Waals surface area contributed by atoms with Gasteiger partial charge in [0.15, 0.2) is 6.79 Å². The first-order valence-electron chi connectivity index (χ1n) is 5.83. The molecule has 0 aromatic heterocycles. The summed E-state index contributed by atoms with van der Waals surface area (Å²) >= 11 is 19.0. The highest BCUT2D eigenvalue weighted by Crippen LogP contribution is 2.52. The van der Waals surface area contributed by atoms with E-state index in [0.29, 0.717) is 11.5 Å². The van der Waals surface area contributed by atoms with E-state index < -0.39 is 10.1 Å². The average molecular weight is 318 g/mol. The molecule has 1 saturated heterocycles. The lowest BCUT2D eigenvalue weighted by atomic mass is 9.92. The zero-order chi connectivity index (χ0) is 13.5. The second kappa shape index (κ2) is 4.80. The second-order valence-electron chi connectivity index (χ2n) is 4.51. The van der Waals surface area contributed by atoms with E-state index >= 15 is 0 Å². The largest absolute Gasteiger partial charge is 0.325 e. The van der Waals surface area contributed by atoms with Crippen LogP contribution in [0.1, 0.15) is 5.56 Å². The van der Waals surface area contributed by atoms with Crippen molar-refractivity contribution in [1.82, 2.24) is 0 Å². The Labute approximate surface area is 126 Å². The Bertz CT molecular complexity index is 555. The highest BCUT2D eigenvalue weighted by Gasteiger charge is 2.59. The fraction of sp³-hybridized carbons (Fsp3) is 0.286. The molecule has 2 nitrogen and oxygen atoms in total. The third kappa shape index (κ3) is 2.22. The van der Waals surface area contributed by atoms with Gasteiger partial charge in [-0.3, -0.25) is 0 Å². The van der Waals surface area contributed by atoms with Gasteiger partial charge in [0.2, 0.25) is 10.1 Å². The zero-order valence-electron chi connectivity index (χ0n) is 9.91. The first-order valence-corrected chi connectivity index (χ1v) is 6.96. The first kappa shape index (κ1) is 13.5. The van der Waals surface area contributed by atoms with Crippen LogP contribution in [0.3, 0.4) is 0 Å². The Hall–Kier alpha value is -0.510. The topological polar surface area (TPSA) is 18.5 Å². The molecular weight excluding hydrogens is 307 g/mol. The molecule has 0 saturated carbocycles. The van der Waals surface area contributed by atoms with Crippen LogP contribution in [-0.4, -0.2) is 16.9 Å². The summed E-state index contributed by atoms with van der Waals surface area (Å²) < 4.78 is 10.9. The Kier molecular flexibility index (Phi) is 3.40. The monoisotopic (exact) mass is 316 g/mol. The molecule has 5 heteroatoms. The molecule has 2 unspecified atom stereocenters. The van der Waals surface area contributed by atoms with Crippen LogP contribution >= 0.6 is 34.8 Å². The van der Waals surface area contributed by atoms with Crippen LogP contribution < -0.4 is 0 Å². The zero-order valence-corrected chi connectivity index (χ0v) is 12.2. The number of hydrogen-bond donors (Lipinski definition) is 0. The normalized spacial score (nSPS) is 33.6. The quantitative estimate of drug-likeness (QED) is 0.762. The molecular formula is C14H11Cl3O2. The number of hydrogen-bond acceptors (Lipinski definition) is 2. The number of allylic oxidation sites excluding steroid dienone is 2. The van der Waals surface area contributed by atoms with Gasteiger partial charge in [0.05, 0.1) is 0 Å². The van der Waals surface area contributed by atoms with Crippen LogP contribution in [0.25, 0.3) is 0 Å². The van der Waals surface area contributed by atoms with Crippen LogP contribution in [0.2, 0.25) is 0 Å². The van der Waals surface area contributed by atoms with Gasteiger partial charge in [-0.05, 0) is 29.7 Å². The molecule has 1 aromatic carbocycles. The molecule has 1 heterocycles.